The van der Waals surface area contributed by atoms with Crippen LogP contribution in [0.25, 0.3) is 0 Å². The van der Waals surface area contributed by atoms with Gasteiger partial charge < -0.3 is 10.4 Å². The Balaban J connectivity index is 2.61. The van der Waals surface area contributed by atoms with Gasteiger partial charge in [-0.25, -0.2) is 0 Å². The minimum absolute atomic E-state index is 0.0858. The van der Waals surface area contributed by atoms with E-state index in [9.17, 15) is 4.79 Å². The molecule has 5 heteroatoms. The monoisotopic (exact) mass is 200 g/mol. The number of aromatic nitrogens is 1. The molecule has 0 saturated carbocycles. The van der Waals surface area contributed by atoms with Crippen LogP contribution in [0.5, 0.6) is 0 Å². The highest BCUT2D eigenvalue weighted by molar-refractivity contribution is 7.11. The summed E-state index contributed by atoms with van der Waals surface area (Å²) in [5, 5.41) is 11.6. The van der Waals surface area contributed by atoms with E-state index in [-0.39, 0.29) is 12.5 Å². The zero-order valence-electron chi connectivity index (χ0n) is 7.57. The van der Waals surface area contributed by atoms with E-state index < -0.39 is 5.54 Å². The largest absolute Gasteiger partial charge is 0.394 e. The molecule has 2 N–H and O–H groups in total. The molecule has 1 amide bonds. The van der Waals surface area contributed by atoms with Gasteiger partial charge in [0.15, 0.2) is 0 Å². The van der Waals surface area contributed by atoms with Crippen LogP contribution in [0, 0.1) is 0 Å². The third-order valence-electron chi connectivity index (χ3n) is 1.50. The van der Waals surface area contributed by atoms with E-state index in [0.29, 0.717) is 4.88 Å². The smallest absolute Gasteiger partial charge is 0.263 e. The van der Waals surface area contributed by atoms with Crippen LogP contribution in [0.1, 0.15) is 23.5 Å². The number of nitrogens with zero attached hydrogens (tertiary/aromatic N) is 1. The number of carbonyl (C=O) groups excluding carboxylic acids is 1. The Bertz CT molecular complexity index is 282. The Morgan fingerprint density at radius 1 is 1.77 bits per heavy atom. The quantitative estimate of drug-likeness (QED) is 0.752. The first-order valence-electron chi connectivity index (χ1n) is 3.87. The second-order valence-electron chi connectivity index (χ2n) is 3.36. The zero-order chi connectivity index (χ0) is 9.90. The van der Waals surface area contributed by atoms with Gasteiger partial charge in [0.2, 0.25) is 0 Å². The summed E-state index contributed by atoms with van der Waals surface area (Å²) in [7, 11) is 0. The van der Waals surface area contributed by atoms with Crippen LogP contribution in [0.4, 0.5) is 0 Å². The Hall–Kier alpha value is -0.940. The first-order valence-corrected chi connectivity index (χ1v) is 4.75. The number of hydrogen-bond acceptors (Lipinski definition) is 4. The molecule has 0 unspecified atom stereocenters. The summed E-state index contributed by atoms with van der Waals surface area (Å²) in [6.45, 7) is 3.43. The molecule has 0 aliphatic rings. The molecule has 0 fully saturated rings. The van der Waals surface area contributed by atoms with Gasteiger partial charge in [0, 0.05) is 0 Å². The van der Waals surface area contributed by atoms with Crippen molar-refractivity contribution in [3.8, 4) is 0 Å². The maximum atomic E-state index is 11.4. The van der Waals surface area contributed by atoms with E-state index in [2.05, 4.69) is 10.3 Å². The maximum Gasteiger partial charge on any atom is 0.263 e. The molecule has 0 aliphatic carbocycles. The van der Waals surface area contributed by atoms with Crippen LogP contribution in [-0.4, -0.2) is 28.1 Å². The summed E-state index contributed by atoms with van der Waals surface area (Å²) in [6.07, 6.45) is 1.51. The van der Waals surface area contributed by atoms with Crippen molar-refractivity contribution in [2.24, 2.45) is 0 Å². The van der Waals surface area contributed by atoms with Gasteiger partial charge in [-0.15, -0.1) is 11.3 Å². The molecule has 72 valence electrons. The number of aliphatic hydroxyl groups is 1. The zero-order valence-corrected chi connectivity index (χ0v) is 8.39. The maximum absolute atomic E-state index is 11.4. The van der Waals surface area contributed by atoms with Crippen LogP contribution in [0.3, 0.4) is 0 Å². The molecule has 0 bridgehead atoms. The minimum Gasteiger partial charge on any atom is -0.394 e. The highest BCUT2D eigenvalue weighted by atomic mass is 32.1. The standard InChI is InChI=1S/C8H12N2O2S/c1-8(2,4-11)10-7(12)6-3-9-5-13-6/h3,5,11H,4H2,1-2H3,(H,10,12). The number of rotatable bonds is 3. The van der Waals surface area contributed by atoms with Crippen LogP contribution in [0.2, 0.25) is 0 Å². The van der Waals surface area contributed by atoms with E-state index in [1.54, 1.807) is 19.4 Å². The van der Waals surface area contributed by atoms with Crippen LogP contribution in [-0.2, 0) is 0 Å². The predicted molar refractivity (Wildman–Crippen MR) is 50.7 cm³/mol. The Morgan fingerprint density at radius 2 is 2.46 bits per heavy atom. The number of aliphatic hydroxyl groups excluding tert-OH is 1. The molecule has 0 saturated heterocycles. The lowest BCUT2D eigenvalue weighted by Crippen LogP contribution is -2.46. The van der Waals surface area contributed by atoms with Gasteiger partial charge in [0.05, 0.1) is 23.9 Å². The number of nitrogens with one attached hydrogen (secondary N) is 1. The van der Waals surface area contributed by atoms with Crippen molar-refractivity contribution in [1.29, 1.82) is 0 Å². The Kier molecular flexibility index (Phi) is 3.00. The molecule has 13 heavy (non-hydrogen) atoms. The van der Waals surface area contributed by atoms with Crippen LogP contribution >= 0.6 is 11.3 Å². The molecular formula is C8H12N2O2S. The molecule has 0 radical (unpaired) electrons. The number of carbonyl (C=O) groups is 1. The lowest BCUT2D eigenvalue weighted by molar-refractivity contribution is 0.0873. The van der Waals surface area contributed by atoms with Gasteiger partial charge in [-0.3, -0.25) is 9.78 Å². The summed E-state index contributed by atoms with van der Waals surface area (Å²) in [4.78, 5) is 15.8. The summed E-state index contributed by atoms with van der Waals surface area (Å²) >= 11 is 1.28. The van der Waals surface area contributed by atoms with E-state index in [1.807, 2.05) is 0 Å². The summed E-state index contributed by atoms with van der Waals surface area (Å²) < 4.78 is 0. The molecule has 4 nitrogen and oxygen atoms in total. The third kappa shape index (κ3) is 2.78. The van der Waals surface area contributed by atoms with E-state index >= 15 is 0 Å². The van der Waals surface area contributed by atoms with Gasteiger partial charge >= 0.3 is 0 Å². The molecule has 1 aromatic heterocycles. The van der Waals surface area contributed by atoms with Gasteiger partial charge in [-0.1, -0.05) is 0 Å². The fourth-order valence-electron chi connectivity index (χ4n) is 0.736. The van der Waals surface area contributed by atoms with Gasteiger partial charge in [-0.2, -0.15) is 0 Å². The SMILES string of the molecule is CC(C)(CO)NC(=O)c1cncs1. The fourth-order valence-corrected chi connectivity index (χ4v) is 1.25. The molecule has 0 aliphatic heterocycles. The second-order valence-corrected chi connectivity index (χ2v) is 4.25. The molecule has 1 heterocycles. The second kappa shape index (κ2) is 3.85. The van der Waals surface area contributed by atoms with Crippen LogP contribution in [0.15, 0.2) is 11.7 Å². The summed E-state index contributed by atoms with van der Waals surface area (Å²) in [5.41, 5.74) is 1.02. The Labute approximate surface area is 80.6 Å². The topological polar surface area (TPSA) is 62.2 Å². The van der Waals surface area contributed by atoms with Crippen molar-refractivity contribution >= 4 is 17.2 Å². The molecular weight excluding hydrogens is 188 g/mol. The van der Waals surface area contributed by atoms with Crippen LogP contribution < -0.4 is 5.32 Å². The van der Waals surface area contributed by atoms with Crippen molar-refractivity contribution < 1.29 is 9.90 Å². The first kappa shape index (κ1) is 10.1. The van der Waals surface area contributed by atoms with Crippen molar-refractivity contribution in [1.82, 2.24) is 10.3 Å². The van der Waals surface area contributed by atoms with E-state index in [0.717, 1.165) is 0 Å². The number of hydrogen-bond donors (Lipinski definition) is 2. The average Bonchev–Trinajstić information content (AvgIpc) is 2.55. The van der Waals surface area contributed by atoms with Gasteiger partial charge in [-0.05, 0) is 13.8 Å². The lowest BCUT2D eigenvalue weighted by Gasteiger charge is -2.22. The predicted octanol–water partition coefficient (Wildman–Crippen LogP) is 0.644. The highest BCUT2D eigenvalue weighted by Crippen LogP contribution is 2.08. The van der Waals surface area contributed by atoms with Gasteiger partial charge in [0.1, 0.15) is 4.88 Å². The van der Waals surface area contributed by atoms with E-state index in [4.69, 9.17) is 5.11 Å². The number of thiazole rings is 1. The van der Waals surface area contributed by atoms with Crippen molar-refractivity contribution in [2.45, 2.75) is 19.4 Å². The summed E-state index contributed by atoms with van der Waals surface area (Å²) in [5.74, 6) is -0.193. The Morgan fingerprint density at radius 3 is 2.92 bits per heavy atom. The normalized spacial score (nSPS) is 11.3. The lowest BCUT2D eigenvalue weighted by atomic mass is 10.1. The van der Waals surface area contributed by atoms with Crippen molar-refractivity contribution in [3.05, 3.63) is 16.6 Å². The fraction of sp³-hybridized carbons (Fsp3) is 0.500. The van der Waals surface area contributed by atoms with Crippen molar-refractivity contribution in [2.75, 3.05) is 6.61 Å². The number of amides is 1. The minimum atomic E-state index is -0.582. The highest BCUT2D eigenvalue weighted by Gasteiger charge is 2.20. The molecule has 1 rings (SSSR count). The molecule has 0 aromatic carbocycles. The third-order valence-corrected chi connectivity index (χ3v) is 2.28. The first-order chi connectivity index (χ1) is 6.05. The molecule has 0 atom stereocenters. The van der Waals surface area contributed by atoms with Gasteiger partial charge in [0.25, 0.3) is 5.91 Å². The van der Waals surface area contributed by atoms with E-state index in [1.165, 1.54) is 17.5 Å². The molecule has 1 aromatic rings. The van der Waals surface area contributed by atoms with Crippen molar-refractivity contribution in [3.63, 3.8) is 0 Å². The average molecular weight is 200 g/mol. The summed E-state index contributed by atoms with van der Waals surface area (Å²) in [6, 6.07) is 0. The molecule has 0 spiro atoms.